The van der Waals surface area contributed by atoms with Crippen LogP contribution in [0.2, 0.25) is 0 Å². The molecule has 0 aliphatic heterocycles. The van der Waals surface area contributed by atoms with Gasteiger partial charge >= 0.3 is 0 Å². The summed E-state index contributed by atoms with van der Waals surface area (Å²) in [6.45, 7) is 1.91. The molecule has 0 amide bonds. The standard InChI is InChI=1S/C27H25NO3S/c1-18-8-10-20(11-9-18)25(28-22-14-19(17-29)15-23(16-22)31-2)26(30)24-12-13-32-27(24)21-6-4-3-5-7-21/h3-16,25,28-29H,17H2,1-2H3. The molecule has 1 atom stereocenters. The summed E-state index contributed by atoms with van der Waals surface area (Å²) in [5.41, 5.74) is 5.14. The van der Waals surface area contributed by atoms with Gasteiger partial charge in [0.2, 0.25) is 0 Å². The van der Waals surface area contributed by atoms with Crippen molar-refractivity contribution in [1.29, 1.82) is 0 Å². The van der Waals surface area contributed by atoms with Crippen LogP contribution in [0, 0.1) is 6.92 Å². The van der Waals surface area contributed by atoms with Crippen molar-refractivity contribution in [2.75, 3.05) is 12.4 Å². The number of nitrogens with one attached hydrogen (secondary N) is 1. The molecule has 1 heterocycles. The minimum atomic E-state index is -0.591. The zero-order valence-corrected chi connectivity index (χ0v) is 18.9. The zero-order chi connectivity index (χ0) is 22.5. The first-order chi connectivity index (χ1) is 15.6. The maximum absolute atomic E-state index is 13.9. The molecule has 2 N–H and O–H groups in total. The summed E-state index contributed by atoms with van der Waals surface area (Å²) in [7, 11) is 1.58. The molecule has 1 aromatic heterocycles. The number of rotatable bonds is 8. The highest BCUT2D eigenvalue weighted by atomic mass is 32.1. The number of benzene rings is 3. The molecule has 32 heavy (non-hydrogen) atoms. The lowest BCUT2D eigenvalue weighted by Crippen LogP contribution is -2.21. The second-order valence-electron chi connectivity index (χ2n) is 7.61. The number of carbonyl (C=O) groups excluding carboxylic acids is 1. The number of ketones is 1. The Labute approximate surface area is 192 Å². The van der Waals surface area contributed by atoms with Gasteiger partial charge in [0.15, 0.2) is 5.78 Å². The first kappa shape index (κ1) is 21.8. The van der Waals surface area contributed by atoms with E-state index in [2.05, 4.69) is 5.32 Å². The SMILES string of the molecule is COc1cc(CO)cc(NC(C(=O)c2ccsc2-c2ccccc2)c2ccc(C)cc2)c1. The van der Waals surface area contributed by atoms with Crippen LogP contribution in [-0.4, -0.2) is 18.0 Å². The average Bonchev–Trinajstić information content (AvgIpc) is 3.33. The molecule has 4 nitrogen and oxygen atoms in total. The minimum absolute atomic E-state index is 0.0117. The van der Waals surface area contributed by atoms with E-state index in [0.717, 1.165) is 21.6 Å². The average molecular weight is 444 g/mol. The van der Waals surface area contributed by atoms with Crippen molar-refractivity contribution in [3.05, 3.63) is 106 Å². The highest BCUT2D eigenvalue weighted by Gasteiger charge is 2.26. The molecule has 0 radical (unpaired) electrons. The monoisotopic (exact) mass is 443 g/mol. The molecular weight excluding hydrogens is 418 g/mol. The van der Waals surface area contributed by atoms with Crippen molar-refractivity contribution in [2.45, 2.75) is 19.6 Å². The Morgan fingerprint density at radius 3 is 2.47 bits per heavy atom. The smallest absolute Gasteiger partial charge is 0.191 e. The molecular formula is C27H25NO3S. The Morgan fingerprint density at radius 1 is 1.03 bits per heavy atom. The van der Waals surface area contributed by atoms with Crippen LogP contribution in [0.4, 0.5) is 5.69 Å². The Hall–Kier alpha value is -3.41. The molecule has 0 saturated heterocycles. The molecule has 4 rings (SSSR count). The molecule has 5 heteroatoms. The van der Waals surface area contributed by atoms with Gasteiger partial charge in [-0.3, -0.25) is 4.79 Å². The van der Waals surface area contributed by atoms with E-state index in [9.17, 15) is 9.90 Å². The highest BCUT2D eigenvalue weighted by molar-refractivity contribution is 7.14. The lowest BCUT2D eigenvalue weighted by molar-refractivity contribution is 0.0970. The Bertz CT molecular complexity index is 1180. The molecule has 0 saturated carbocycles. The van der Waals surface area contributed by atoms with E-state index >= 15 is 0 Å². The van der Waals surface area contributed by atoms with Gasteiger partial charge in [-0.05, 0) is 47.2 Å². The van der Waals surface area contributed by atoms with E-state index in [0.29, 0.717) is 22.6 Å². The van der Waals surface area contributed by atoms with Crippen LogP contribution in [0.15, 0.2) is 84.2 Å². The predicted octanol–water partition coefficient (Wildman–Crippen LogP) is 6.26. The lowest BCUT2D eigenvalue weighted by atomic mass is 9.95. The molecule has 162 valence electrons. The van der Waals surface area contributed by atoms with Crippen LogP contribution in [0.5, 0.6) is 5.75 Å². The normalized spacial score (nSPS) is 11.7. The summed E-state index contributed by atoms with van der Waals surface area (Å²) in [6, 6.07) is 24.7. The van der Waals surface area contributed by atoms with E-state index in [-0.39, 0.29) is 12.4 Å². The number of thiophene rings is 1. The molecule has 0 spiro atoms. The number of anilines is 1. The maximum Gasteiger partial charge on any atom is 0.191 e. The van der Waals surface area contributed by atoms with Crippen molar-refractivity contribution in [1.82, 2.24) is 0 Å². The molecule has 0 bridgehead atoms. The van der Waals surface area contributed by atoms with Crippen molar-refractivity contribution >= 4 is 22.8 Å². The second kappa shape index (κ2) is 9.81. The van der Waals surface area contributed by atoms with Crippen LogP contribution in [0.3, 0.4) is 0 Å². The Morgan fingerprint density at radius 2 is 1.78 bits per heavy atom. The molecule has 0 aliphatic carbocycles. The third-order valence-corrected chi connectivity index (χ3v) is 6.30. The highest BCUT2D eigenvalue weighted by Crippen LogP contribution is 2.34. The van der Waals surface area contributed by atoms with E-state index in [1.807, 2.05) is 85.1 Å². The van der Waals surface area contributed by atoms with Gasteiger partial charge in [0.05, 0.1) is 13.7 Å². The Balaban J connectivity index is 1.75. The molecule has 3 aromatic carbocycles. The number of aliphatic hydroxyl groups excluding tert-OH is 1. The number of carbonyl (C=O) groups is 1. The van der Waals surface area contributed by atoms with Gasteiger partial charge in [0, 0.05) is 22.2 Å². The first-order valence-electron chi connectivity index (χ1n) is 10.4. The summed E-state index contributed by atoms with van der Waals surface area (Å²) >= 11 is 1.56. The first-order valence-corrected chi connectivity index (χ1v) is 11.3. The van der Waals surface area contributed by atoms with Gasteiger partial charge in [0.25, 0.3) is 0 Å². The van der Waals surface area contributed by atoms with Crippen molar-refractivity contribution < 1.29 is 14.6 Å². The third kappa shape index (κ3) is 4.74. The molecule has 4 aromatic rings. The largest absolute Gasteiger partial charge is 0.497 e. The predicted molar refractivity (Wildman–Crippen MR) is 131 cm³/mol. The number of methoxy groups -OCH3 is 1. The van der Waals surface area contributed by atoms with Crippen molar-refractivity contribution in [3.8, 4) is 16.2 Å². The van der Waals surface area contributed by atoms with Gasteiger partial charge < -0.3 is 15.2 Å². The van der Waals surface area contributed by atoms with E-state index < -0.39 is 6.04 Å². The topological polar surface area (TPSA) is 58.6 Å². The van der Waals surface area contributed by atoms with Crippen LogP contribution >= 0.6 is 11.3 Å². The van der Waals surface area contributed by atoms with E-state index in [1.54, 1.807) is 24.5 Å². The minimum Gasteiger partial charge on any atom is -0.497 e. The number of ether oxygens (including phenoxy) is 1. The quantitative estimate of drug-likeness (QED) is 0.316. The van der Waals surface area contributed by atoms with Crippen molar-refractivity contribution in [2.24, 2.45) is 0 Å². The maximum atomic E-state index is 13.9. The van der Waals surface area contributed by atoms with Gasteiger partial charge in [-0.25, -0.2) is 0 Å². The fourth-order valence-corrected chi connectivity index (χ4v) is 4.56. The van der Waals surface area contributed by atoms with Gasteiger partial charge in [0.1, 0.15) is 11.8 Å². The van der Waals surface area contributed by atoms with Gasteiger partial charge in [-0.2, -0.15) is 0 Å². The molecule has 0 fully saturated rings. The third-order valence-electron chi connectivity index (χ3n) is 5.34. The van der Waals surface area contributed by atoms with Crippen LogP contribution < -0.4 is 10.1 Å². The summed E-state index contributed by atoms with van der Waals surface area (Å²) < 4.78 is 5.38. The number of aryl methyl sites for hydroxylation is 1. The summed E-state index contributed by atoms with van der Waals surface area (Å²) in [4.78, 5) is 14.8. The summed E-state index contributed by atoms with van der Waals surface area (Å²) in [6.07, 6.45) is 0. The summed E-state index contributed by atoms with van der Waals surface area (Å²) in [5.74, 6) is 0.608. The van der Waals surface area contributed by atoms with E-state index in [1.165, 1.54) is 0 Å². The number of aliphatic hydroxyl groups is 1. The van der Waals surface area contributed by atoms with Crippen molar-refractivity contribution in [3.63, 3.8) is 0 Å². The number of Topliss-reactive ketones (excluding diaryl/α,β-unsaturated/α-hetero) is 1. The van der Waals surface area contributed by atoms with Crippen LogP contribution in [0.25, 0.3) is 10.4 Å². The second-order valence-corrected chi connectivity index (χ2v) is 8.53. The van der Waals surface area contributed by atoms with Crippen LogP contribution in [0.1, 0.15) is 33.1 Å². The molecule has 0 aliphatic rings. The zero-order valence-electron chi connectivity index (χ0n) is 18.0. The molecule has 1 unspecified atom stereocenters. The number of hydrogen-bond donors (Lipinski definition) is 2. The number of hydrogen-bond acceptors (Lipinski definition) is 5. The van der Waals surface area contributed by atoms with Gasteiger partial charge in [-0.15, -0.1) is 11.3 Å². The fourth-order valence-electron chi connectivity index (χ4n) is 3.65. The van der Waals surface area contributed by atoms with Crippen LogP contribution in [-0.2, 0) is 6.61 Å². The van der Waals surface area contributed by atoms with E-state index in [4.69, 9.17) is 4.74 Å². The fraction of sp³-hybridized carbons (Fsp3) is 0.148. The lowest BCUT2D eigenvalue weighted by Gasteiger charge is -2.21. The van der Waals surface area contributed by atoms with Gasteiger partial charge in [-0.1, -0.05) is 60.2 Å². The Kier molecular flexibility index (Phi) is 6.69. The summed E-state index contributed by atoms with van der Waals surface area (Å²) in [5, 5.41) is 15.0.